The Morgan fingerprint density at radius 2 is 2.05 bits per heavy atom. The van der Waals surface area contributed by atoms with Gasteiger partial charge in [-0.1, -0.05) is 0 Å². The zero-order chi connectivity index (χ0) is 15.8. The third-order valence-electron chi connectivity index (χ3n) is 3.18. The molecular weight excluding hydrogens is 304 g/mol. The van der Waals surface area contributed by atoms with Gasteiger partial charge in [0.1, 0.15) is 4.90 Å². The Hall–Kier alpha value is -1.81. The van der Waals surface area contributed by atoms with E-state index in [-0.39, 0.29) is 17.1 Å². The average Bonchev–Trinajstić information content (AvgIpc) is 2.96. The van der Waals surface area contributed by atoms with Gasteiger partial charge in [-0.2, -0.15) is 23.3 Å². The summed E-state index contributed by atoms with van der Waals surface area (Å²) >= 11 is 0. The van der Waals surface area contributed by atoms with Crippen molar-refractivity contribution in [3.05, 3.63) is 29.8 Å². The number of alkyl halides is 2. The van der Waals surface area contributed by atoms with Gasteiger partial charge in [-0.05, 0) is 13.0 Å². The molecule has 0 unspecified atom stereocenters. The van der Waals surface area contributed by atoms with Crippen LogP contribution < -0.4 is 0 Å². The number of halogens is 2. The van der Waals surface area contributed by atoms with Gasteiger partial charge in [0.2, 0.25) is 10.0 Å². The van der Waals surface area contributed by atoms with E-state index in [1.54, 1.807) is 24.0 Å². The second-order valence-electron chi connectivity index (χ2n) is 4.52. The minimum atomic E-state index is -3.90. The molecule has 0 saturated carbocycles. The lowest BCUT2D eigenvalue weighted by Crippen LogP contribution is -2.28. The Bertz CT molecular complexity index is 738. The zero-order valence-electron chi connectivity index (χ0n) is 11.7. The summed E-state index contributed by atoms with van der Waals surface area (Å²) in [5, 5.41) is 7.37. The molecule has 0 aromatic carbocycles. The monoisotopic (exact) mass is 319 g/mol. The van der Waals surface area contributed by atoms with Gasteiger partial charge in [-0.15, -0.1) is 0 Å². The molecule has 0 saturated heterocycles. The molecule has 0 fully saturated rings. The number of aryl methyl sites for hydroxylation is 1. The Morgan fingerprint density at radius 3 is 2.52 bits per heavy atom. The maximum absolute atomic E-state index is 12.7. The van der Waals surface area contributed by atoms with Crippen molar-refractivity contribution in [2.45, 2.75) is 24.9 Å². The molecule has 0 atom stereocenters. The molecule has 0 spiro atoms. The highest BCUT2D eigenvalue weighted by Crippen LogP contribution is 2.23. The largest absolute Gasteiger partial charge is 0.333 e. The van der Waals surface area contributed by atoms with Crippen LogP contribution >= 0.6 is 0 Å². The first-order chi connectivity index (χ1) is 9.75. The summed E-state index contributed by atoms with van der Waals surface area (Å²) in [7, 11) is -0.833. The van der Waals surface area contributed by atoms with Gasteiger partial charge in [-0.3, -0.25) is 4.68 Å². The summed E-state index contributed by atoms with van der Waals surface area (Å²) in [6, 6.07) is 1.68. The SMILES string of the molecule is Cc1c(S(=O)(=O)N(C)Cc2ccnn2C)cnn1C(F)F. The van der Waals surface area contributed by atoms with Gasteiger partial charge in [0, 0.05) is 20.3 Å². The van der Waals surface area contributed by atoms with Gasteiger partial charge >= 0.3 is 6.55 Å². The molecule has 2 aromatic rings. The predicted molar refractivity (Wildman–Crippen MR) is 70.1 cm³/mol. The number of sulfonamides is 1. The Kier molecular flexibility index (Phi) is 4.10. The van der Waals surface area contributed by atoms with Crippen LogP contribution in [0.25, 0.3) is 0 Å². The van der Waals surface area contributed by atoms with Gasteiger partial charge in [0.15, 0.2) is 0 Å². The standard InChI is InChI=1S/C11H15F2N5O2S/c1-8-10(6-15-18(8)11(12)13)21(19,20)16(2)7-9-4-5-14-17(9)3/h4-6,11H,7H2,1-3H3. The summed E-state index contributed by atoms with van der Waals surface area (Å²) < 4.78 is 53.2. The smallest absolute Gasteiger partial charge is 0.271 e. The summed E-state index contributed by atoms with van der Waals surface area (Å²) in [6.45, 7) is -1.50. The van der Waals surface area contributed by atoms with Crippen molar-refractivity contribution in [2.75, 3.05) is 7.05 Å². The van der Waals surface area contributed by atoms with Gasteiger partial charge in [-0.25, -0.2) is 13.1 Å². The van der Waals surface area contributed by atoms with Gasteiger partial charge in [0.05, 0.1) is 24.1 Å². The third kappa shape index (κ3) is 2.81. The lowest BCUT2D eigenvalue weighted by molar-refractivity contribution is 0.0541. The van der Waals surface area contributed by atoms with E-state index in [9.17, 15) is 17.2 Å². The fourth-order valence-electron chi connectivity index (χ4n) is 1.90. The summed E-state index contributed by atoms with van der Waals surface area (Å²) in [5.74, 6) is 0. The van der Waals surface area contributed by atoms with Crippen LogP contribution in [-0.4, -0.2) is 39.3 Å². The Balaban J connectivity index is 2.31. The van der Waals surface area contributed by atoms with Crippen molar-refractivity contribution in [3.63, 3.8) is 0 Å². The molecule has 0 aliphatic carbocycles. The number of nitrogens with zero attached hydrogens (tertiary/aromatic N) is 5. The van der Waals surface area contributed by atoms with Crippen LogP contribution in [0.5, 0.6) is 0 Å². The number of hydrogen-bond acceptors (Lipinski definition) is 4. The van der Waals surface area contributed by atoms with Crippen molar-refractivity contribution < 1.29 is 17.2 Å². The van der Waals surface area contributed by atoms with Crippen molar-refractivity contribution >= 4 is 10.0 Å². The molecule has 116 valence electrons. The van der Waals surface area contributed by atoms with E-state index in [1.165, 1.54) is 14.0 Å². The van der Waals surface area contributed by atoms with Crippen molar-refractivity contribution in [2.24, 2.45) is 7.05 Å². The molecule has 2 aromatic heterocycles. The molecule has 0 amide bonds. The van der Waals surface area contributed by atoms with Crippen LogP contribution in [0.15, 0.2) is 23.4 Å². The van der Waals surface area contributed by atoms with E-state index in [0.29, 0.717) is 10.4 Å². The first kappa shape index (κ1) is 15.6. The van der Waals surface area contributed by atoms with E-state index in [4.69, 9.17) is 0 Å². The maximum atomic E-state index is 12.7. The predicted octanol–water partition coefficient (Wildman–Crippen LogP) is 1.14. The van der Waals surface area contributed by atoms with Crippen LogP contribution in [0.2, 0.25) is 0 Å². The first-order valence-electron chi connectivity index (χ1n) is 6.00. The molecular formula is C11H15F2N5O2S. The highest BCUT2D eigenvalue weighted by molar-refractivity contribution is 7.89. The number of rotatable bonds is 5. The van der Waals surface area contributed by atoms with Crippen molar-refractivity contribution in [3.8, 4) is 0 Å². The highest BCUT2D eigenvalue weighted by atomic mass is 32.2. The van der Waals surface area contributed by atoms with Crippen LogP contribution in [0.3, 0.4) is 0 Å². The van der Waals surface area contributed by atoms with E-state index < -0.39 is 16.6 Å². The average molecular weight is 319 g/mol. The molecule has 7 nitrogen and oxygen atoms in total. The van der Waals surface area contributed by atoms with Crippen LogP contribution in [0.1, 0.15) is 17.9 Å². The Labute approximate surface area is 120 Å². The molecule has 2 rings (SSSR count). The van der Waals surface area contributed by atoms with E-state index >= 15 is 0 Å². The molecule has 0 aliphatic heterocycles. The lowest BCUT2D eigenvalue weighted by Gasteiger charge is -2.17. The van der Waals surface area contributed by atoms with Crippen molar-refractivity contribution in [1.29, 1.82) is 0 Å². The Morgan fingerprint density at radius 1 is 1.38 bits per heavy atom. The minimum Gasteiger partial charge on any atom is -0.271 e. The molecule has 0 aliphatic rings. The molecule has 2 heterocycles. The zero-order valence-corrected chi connectivity index (χ0v) is 12.5. The highest BCUT2D eigenvalue weighted by Gasteiger charge is 2.28. The van der Waals surface area contributed by atoms with Crippen LogP contribution in [0.4, 0.5) is 8.78 Å². The molecule has 21 heavy (non-hydrogen) atoms. The fraction of sp³-hybridized carbons (Fsp3) is 0.455. The van der Waals surface area contributed by atoms with E-state index in [1.807, 2.05) is 0 Å². The maximum Gasteiger partial charge on any atom is 0.333 e. The quantitative estimate of drug-likeness (QED) is 0.828. The summed E-state index contributed by atoms with van der Waals surface area (Å²) in [4.78, 5) is -0.229. The van der Waals surface area contributed by atoms with E-state index in [0.717, 1.165) is 10.5 Å². The topological polar surface area (TPSA) is 73.0 Å². The number of hydrogen-bond donors (Lipinski definition) is 0. The normalized spacial score (nSPS) is 12.5. The number of aromatic nitrogens is 4. The summed E-state index contributed by atoms with van der Waals surface area (Å²) in [5.41, 5.74) is 0.585. The molecule has 0 bridgehead atoms. The third-order valence-corrected chi connectivity index (χ3v) is 5.09. The molecule has 0 N–H and O–H groups in total. The van der Waals surface area contributed by atoms with Crippen LogP contribution in [-0.2, 0) is 23.6 Å². The van der Waals surface area contributed by atoms with Gasteiger partial charge in [0.25, 0.3) is 0 Å². The van der Waals surface area contributed by atoms with Gasteiger partial charge < -0.3 is 0 Å². The second-order valence-corrected chi connectivity index (χ2v) is 6.54. The second kappa shape index (κ2) is 5.53. The molecule has 10 heteroatoms. The lowest BCUT2D eigenvalue weighted by atomic mass is 10.4. The summed E-state index contributed by atoms with van der Waals surface area (Å²) in [6.07, 6.45) is 2.49. The van der Waals surface area contributed by atoms with E-state index in [2.05, 4.69) is 10.2 Å². The fourth-order valence-corrected chi connectivity index (χ4v) is 3.18. The molecule has 0 radical (unpaired) electrons. The van der Waals surface area contributed by atoms with Crippen molar-refractivity contribution in [1.82, 2.24) is 23.9 Å². The minimum absolute atomic E-state index is 0.0815. The first-order valence-corrected chi connectivity index (χ1v) is 7.44. The van der Waals surface area contributed by atoms with Crippen LogP contribution in [0, 0.1) is 6.92 Å².